The molecule has 0 bridgehead atoms. The molecule has 0 unspecified atom stereocenters. The Hall–Kier alpha value is -1.81. The molecule has 2 rings (SSSR count). The predicted octanol–water partition coefficient (Wildman–Crippen LogP) is 3.94. The normalized spacial score (nSPS) is 10.3. The third kappa shape index (κ3) is 2.31. The van der Waals surface area contributed by atoms with Gasteiger partial charge in [0, 0.05) is 0 Å². The van der Waals surface area contributed by atoms with Gasteiger partial charge in [0.2, 0.25) is 0 Å². The molecular weight excluding hydrogens is 246 g/mol. The van der Waals surface area contributed by atoms with Crippen LogP contribution in [0.5, 0.6) is 0 Å². The summed E-state index contributed by atoms with van der Waals surface area (Å²) in [5.41, 5.74) is 6.41. The Morgan fingerprint density at radius 1 is 1.06 bits per heavy atom. The maximum Gasteiger partial charge on any atom is 0.182 e. The van der Waals surface area contributed by atoms with Gasteiger partial charge in [-0.25, -0.2) is 8.78 Å². The van der Waals surface area contributed by atoms with Crippen molar-refractivity contribution in [1.29, 1.82) is 0 Å². The zero-order valence-electron chi connectivity index (χ0n) is 8.68. The minimum Gasteiger partial charge on any atom is -0.397 e. The first-order chi connectivity index (χ1) is 8.09. The van der Waals surface area contributed by atoms with Crippen LogP contribution in [0.25, 0.3) is 0 Å². The Morgan fingerprint density at radius 2 is 1.76 bits per heavy atom. The van der Waals surface area contributed by atoms with E-state index < -0.39 is 11.6 Å². The highest BCUT2D eigenvalue weighted by Crippen LogP contribution is 2.32. The van der Waals surface area contributed by atoms with Crippen LogP contribution in [0.3, 0.4) is 0 Å². The van der Waals surface area contributed by atoms with E-state index in [-0.39, 0.29) is 5.69 Å². The van der Waals surface area contributed by atoms with Crippen LogP contribution >= 0.6 is 11.6 Å². The maximum absolute atomic E-state index is 13.4. The molecule has 2 nitrogen and oxygen atoms in total. The monoisotopic (exact) mass is 254 g/mol. The Kier molecular flexibility index (Phi) is 3.15. The topological polar surface area (TPSA) is 38.0 Å². The highest BCUT2D eigenvalue weighted by atomic mass is 35.5. The average Bonchev–Trinajstić information content (AvgIpc) is 2.29. The van der Waals surface area contributed by atoms with Crippen LogP contribution in [0.1, 0.15) is 0 Å². The van der Waals surface area contributed by atoms with E-state index in [4.69, 9.17) is 17.3 Å². The molecular formula is C12H9ClF2N2. The van der Waals surface area contributed by atoms with Crippen molar-refractivity contribution in [3.63, 3.8) is 0 Å². The molecule has 0 atom stereocenters. The molecule has 5 heteroatoms. The summed E-state index contributed by atoms with van der Waals surface area (Å²) in [7, 11) is 0. The highest BCUT2D eigenvalue weighted by Gasteiger charge is 2.10. The van der Waals surface area contributed by atoms with E-state index >= 15 is 0 Å². The van der Waals surface area contributed by atoms with Gasteiger partial charge >= 0.3 is 0 Å². The number of hydrogen-bond donors (Lipinski definition) is 2. The molecule has 0 amide bonds. The van der Waals surface area contributed by atoms with Crippen LogP contribution in [0, 0.1) is 11.6 Å². The zero-order chi connectivity index (χ0) is 12.4. The Balaban J connectivity index is 2.42. The number of para-hydroxylation sites is 1. The fourth-order valence-electron chi connectivity index (χ4n) is 1.41. The van der Waals surface area contributed by atoms with Crippen LogP contribution < -0.4 is 11.1 Å². The highest BCUT2D eigenvalue weighted by molar-refractivity contribution is 6.34. The molecule has 3 N–H and O–H groups in total. The summed E-state index contributed by atoms with van der Waals surface area (Å²) in [6, 6.07) is 8.74. The van der Waals surface area contributed by atoms with Gasteiger partial charge in [-0.05, 0) is 24.3 Å². The average molecular weight is 255 g/mol. The third-order valence-electron chi connectivity index (χ3n) is 2.26. The molecule has 0 fully saturated rings. The lowest BCUT2D eigenvalue weighted by Crippen LogP contribution is -2.00. The summed E-state index contributed by atoms with van der Waals surface area (Å²) in [4.78, 5) is 0. The first kappa shape index (κ1) is 11.7. The SMILES string of the molecule is Nc1cccc(Cl)c1Nc1cccc(F)c1F. The summed E-state index contributed by atoms with van der Waals surface area (Å²) >= 11 is 5.91. The van der Waals surface area contributed by atoms with Crippen LogP contribution in [0.2, 0.25) is 5.02 Å². The number of anilines is 3. The first-order valence-corrected chi connectivity index (χ1v) is 5.22. The van der Waals surface area contributed by atoms with Gasteiger partial charge in [-0.1, -0.05) is 23.7 Å². The molecule has 0 spiro atoms. The van der Waals surface area contributed by atoms with E-state index in [9.17, 15) is 8.78 Å². The van der Waals surface area contributed by atoms with Crippen molar-refractivity contribution < 1.29 is 8.78 Å². The largest absolute Gasteiger partial charge is 0.397 e. The Bertz CT molecular complexity index is 538. The smallest absolute Gasteiger partial charge is 0.182 e. The molecule has 0 saturated heterocycles. The minimum absolute atomic E-state index is 0.00944. The van der Waals surface area contributed by atoms with Crippen LogP contribution in [-0.4, -0.2) is 0 Å². The van der Waals surface area contributed by atoms with Gasteiger partial charge in [0.1, 0.15) is 0 Å². The van der Waals surface area contributed by atoms with Crippen molar-refractivity contribution in [2.75, 3.05) is 11.1 Å². The summed E-state index contributed by atoms with van der Waals surface area (Å²) in [6.07, 6.45) is 0. The van der Waals surface area contributed by atoms with E-state index in [1.807, 2.05) is 0 Å². The van der Waals surface area contributed by atoms with E-state index in [2.05, 4.69) is 5.32 Å². The Morgan fingerprint density at radius 3 is 2.47 bits per heavy atom. The molecule has 2 aromatic rings. The third-order valence-corrected chi connectivity index (χ3v) is 2.57. The summed E-state index contributed by atoms with van der Waals surface area (Å²) < 4.78 is 26.4. The molecule has 0 aliphatic carbocycles. The van der Waals surface area contributed by atoms with Gasteiger partial charge < -0.3 is 11.1 Å². The number of nitrogen functional groups attached to an aromatic ring is 1. The number of nitrogens with two attached hydrogens (primary N) is 1. The lowest BCUT2D eigenvalue weighted by molar-refractivity contribution is 0.512. The van der Waals surface area contributed by atoms with Gasteiger partial charge in [-0.15, -0.1) is 0 Å². The maximum atomic E-state index is 13.4. The molecule has 0 heterocycles. The van der Waals surface area contributed by atoms with Crippen LogP contribution in [0.15, 0.2) is 36.4 Å². The van der Waals surface area contributed by atoms with Gasteiger partial charge in [0.05, 0.1) is 22.1 Å². The van der Waals surface area contributed by atoms with Gasteiger partial charge in [0.15, 0.2) is 11.6 Å². The van der Waals surface area contributed by atoms with E-state index in [0.717, 1.165) is 6.07 Å². The standard InChI is InChI=1S/C12H9ClF2N2/c13-7-3-1-5-9(16)12(7)17-10-6-2-4-8(14)11(10)15/h1-6,17H,16H2. The summed E-state index contributed by atoms with van der Waals surface area (Å²) in [5.74, 6) is -1.90. The van der Waals surface area contributed by atoms with Crippen molar-refractivity contribution in [3.8, 4) is 0 Å². The molecule has 0 aromatic heterocycles. The van der Waals surface area contributed by atoms with Gasteiger partial charge in [-0.2, -0.15) is 0 Å². The molecule has 0 saturated carbocycles. The zero-order valence-corrected chi connectivity index (χ0v) is 9.43. The van der Waals surface area contributed by atoms with Crippen molar-refractivity contribution in [1.82, 2.24) is 0 Å². The first-order valence-electron chi connectivity index (χ1n) is 4.84. The van der Waals surface area contributed by atoms with Crippen molar-refractivity contribution in [3.05, 3.63) is 53.1 Å². The number of nitrogens with one attached hydrogen (secondary N) is 1. The number of rotatable bonds is 2. The number of benzene rings is 2. The van der Waals surface area contributed by atoms with Crippen molar-refractivity contribution in [2.45, 2.75) is 0 Å². The van der Waals surface area contributed by atoms with E-state index in [1.165, 1.54) is 12.1 Å². The minimum atomic E-state index is -0.966. The summed E-state index contributed by atoms with van der Waals surface area (Å²) in [5, 5.41) is 3.02. The second kappa shape index (κ2) is 4.59. The second-order valence-corrected chi connectivity index (χ2v) is 3.84. The Labute approximate surface area is 102 Å². The number of hydrogen-bond acceptors (Lipinski definition) is 2. The van der Waals surface area contributed by atoms with Crippen LogP contribution in [0.4, 0.5) is 25.8 Å². The quantitative estimate of drug-likeness (QED) is 0.797. The van der Waals surface area contributed by atoms with Crippen molar-refractivity contribution >= 4 is 28.7 Å². The van der Waals surface area contributed by atoms with E-state index in [0.29, 0.717) is 16.4 Å². The fraction of sp³-hybridized carbons (Fsp3) is 0. The van der Waals surface area contributed by atoms with Gasteiger partial charge in [0.25, 0.3) is 0 Å². The molecule has 0 radical (unpaired) electrons. The molecule has 2 aromatic carbocycles. The predicted molar refractivity (Wildman–Crippen MR) is 65.5 cm³/mol. The van der Waals surface area contributed by atoms with Crippen molar-refractivity contribution in [2.24, 2.45) is 0 Å². The lowest BCUT2D eigenvalue weighted by atomic mass is 10.2. The fourth-order valence-corrected chi connectivity index (χ4v) is 1.64. The summed E-state index contributed by atoms with van der Waals surface area (Å²) in [6.45, 7) is 0. The molecule has 0 aliphatic heterocycles. The van der Waals surface area contributed by atoms with E-state index in [1.54, 1.807) is 18.2 Å². The number of halogens is 3. The van der Waals surface area contributed by atoms with Crippen LogP contribution in [-0.2, 0) is 0 Å². The molecule has 88 valence electrons. The van der Waals surface area contributed by atoms with Gasteiger partial charge in [-0.3, -0.25) is 0 Å². The molecule has 17 heavy (non-hydrogen) atoms. The molecule has 0 aliphatic rings. The second-order valence-electron chi connectivity index (χ2n) is 3.43. The lowest BCUT2D eigenvalue weighted by Gasteiger charge is -2.11.